The number of halogens is 1. The minimum Gasteiger partial charge on any atom is -0.383 e. The number of carbonyl (C=O) groups excluding carboxylic acids is 2. The van der Waals surface area contributed by atoms with Crippen molar-refractivity contribution in [1.29, 1.82) is 0 Å². The molecule has 1 aliphatic rings. The predicted octanol–water partition coefficient (Wildman–Crippen LogP) is 1.27. The van der Waals surface area contributed by atoms with Crippen LogP contribution in [-0.4, -0.2) is 56.6 Å². The highest BCUT2D eigenvalue weighted by Crippen LogP contribution is 2.22. The van der Waals surface area contributed by atoms with Crippen LogP contribution in [0.4, 0.5) is 9.18 Å². The van der Waals surface area contributed by atoms with E-state index < -0.39 is 23.8 Å². The first-order valence-electron chi connectivity index (χ1n) is 9.08. The van der Waals surface area contributed by atoms with Gasteiger partial charge in [-0.25, -0.2) is 13.9 Å². The molecule has 29 heavy (non-hydrogen) atoms. The fourth-order valence-electron chi connectivity index (χ4n) is 3.32. The van der Waals surface area contributed by atoms with Crippen molar-refractivity contribution < 1.29 is 18.7 Å². The standard InChI is InChI=1S/C19H19FN6O3/c1-29-6-5-25-11-15(23-24-25)9-16-18(27)26(19(28)22-16)10-13-8-14(20)7-12-3-2-4-21-17(12)13/h2-4,7-8,11,16H,5-6,9-10H2,1H3,(H,22,28). The van der Waals surface area contributed by atoms with Crippen LogP contribution in [0.3, 0.4) is 0 Å². The number of methoxy groups -OCH3 is 1. The average molecular weight is 398 g/mol. The van der Waals surface area contributed by atoms with Gasteiger partial charge in [0.15, 0.2) is 0 Å². The first-order valence-corrected chi connectivity index (χ1v) is 9.08. The van der Waals surface area contributed by atoms with Crippen LogP contribution in [0.5, 0.6) is 0 Å². The molecule has 0 bridgehead atoms. The molecule has 9 nitrogen and oxygen atoms in total. The number of pyridine rings is 1. The van der Waals surface area contributed by atoms with Crippen molar-refractivity contribution in [2.24, 2.45) is 0 Å². The molecule has 1 aliphatic heterocycles. The Balaban J connectivity index is 1.50. The number of nitrogens with one attached hydrogen (secondary N) is 1. The number of benzene rings is 1. The third-order valence-corrected chi connectivity index (χ3v) is 4.71. The van der Waals surface area contributed by atoms with Crippen LogP contribution in [0.15, 0.2) is 36.7 Å². The van der Waals surface area contributed by atoms with Crippen molar-refractivity contribution in [3.8, 4) is 0 Å². The molecule has 1 aromatic carbocycles. The highest BCUT2D eigenvalue weighted by Gasteiger charge is 2.38. The van der Waals surface area contributed by atoms with Gasteiger partial charge < -0.3 is 10.1 Å². The number of ether oxygens (including phenoxy) is 1. The highest BCUT2D eigenvalue weighted by atomic mass is 19.1. The molecule has 3 heterocycles. The third-order valence-electron chi connectivity index (χ3n) is 4.71. The number of aromatic nitrogens is 4. The van der Waals surface area contributed by atoms with Crippen LogP contribution in [0.2, 0.25) is 0 Å². The lowest BCUT2D eigenvalue weighted by Gasteiger charge is -2.14. The molecule has 4 rings (SSSR count). The van der Waals surface area contributed by atoms with Gasteiger partial charge in [0.1, 0.15) is 11.9 Å². The Bertz CT molecular complexity index is 1070. The predicted molar refractivity (Wildman–Crippen MR) is 100 cm³/mol. The van der Waals surface area contributed by atoms with Crippen molar-refractivity contribution in [2.75, 3.05) is 13.7 Å². The Kier molecular flexibility index (Phi) is 5.17. The molecule has 0 radical (unpaired) electrons. The van der Waals surface area contributed by atoms with Gasteiger partial charge in [0.25, 0.3) is 5.91 Å². The van der Waals surface area contributed by atoms with Crippen LogP contribution in [0, 0.1) is 5.82 Å². The van der Waals surface area contributed by atoms with Crippen LogP contribution in [0.25, 0.3) is 10.9 Å². The number of imide groups is 1. The Morgan fingerprint density at radius 1 is 1.31 bits per heavy atom. The van der Waals surface area contributed by atoms with E-state index in [1.165, 1.54) is 12.1 Å². The smallest absolute Gasteiger partial charge is 0.325 e. The molecule has 1 unspecified atom stereocenters. The summed E-state index contributed by atoms with van der Waals surface area (Å²) in [5.41, 5.74) is 1.61. The van der Waals surface area contributed by atoms with E-state index in [9.17, 15) is 14.0 Å². The lowest BCUT2D eigenvalue weighted by atomic mass is 10.1. The number of rotatable bonds is 7. The molecule has 1 fully saturated rings. The summed E-state index contributed by atoms with van der Waals surface area (Å²) in [6.45, 7) is 0.971. The molecule has 10 heteroatoms. The molecule has 0 aliphatic carbocycles. The summed E-state index contributed by atoms with van der Waals surface area (Å²) < 4.78 is 20.6. The van der Waals surface area contributed by atoms with Gasteiger partial charge in [-0.05, 0) is 18.2 Å². The first kappa shape index (κ1) is 18.9. The lowest BCUT2D eigenvalue weighted by Crippen LogP contribution is -2.32. The number of urea groups is 1. The van der Waals surface area contributed by atoms with Gasteiger partial charge >= 0.3 is 6.03 Å². The maximum atomic E-state index is 14.0. The molecule has 1 N–H and O–H groups in total. The minimum absolute atomic E-state index is 0.0625. The molecular weight excluding hydrogens is 379 g/mol. The van der Waals surface area contributed by atoms with Crippen molar-refractivity contribution in [1.82, 2.24) is 30.2 Å². The summed E-state index contributed by atoms with van der Waals surface area (Å²) >= 11 is 0. The van der Waals surface area contributed by atoms with E-state index in [1.54, 1.807) is 36.3 Å². The monoisotopic (exact) mass is 398 g/mol. The number of carbonyl (C=O) groups is 2. The van der Waals surface area contributed by atoms with E-state index in [4.69, 9.17) is 4.74 Å². The zero-order chi connectivity index (χ0) is 20.4. The Morgan fingerprint density at radius 2 is 2.17 bits per heavy atom. The maximum Gasteiger partial charge on any atom is 0.325 e. The molecule has 1 saturated heterocycles. The van der Waals surface area contributed by atoms with Crippen LogP contribution < -0.4 is 5.32 Å². The van der Waals surface area contributed by atoms with E-state index in [2.05, 4.69) is 20.6 Å². The van der Waals surface area contributed by atoms with Gasteiger partial charge in [-0.2, -0.15) is 0 Å². The zero-order valence-corrected chi connectivity index (χ0v) is 15.7. The first-order chi connectivity index (χ1) is 14.0. The largest absolute Gasteiger partial charge is 0.383 e. The normalized spacial score (nSPS) is 16.6. The molecule has 150 valence electrons. The topological polar surface area (TPSA) is 102 Å². The van der Waals surface area contributed by atoms with Gasteiger partial charge in [0, 0.05) is 36.9 Å². The zero-order valence-electron chi connectivity index (χ0n) is 15.7. The van der Waals surface area contributed by atoms with Crippen molar-refractivity contribution in [2.45, 2.75) is 25.6 Å². The average Bonchev–Trinajstić information content (AvgIpc) is 3.26. The summed E-state index contributed by atoms with van der Waals surface area (Å²) in [5.74, 6) is -0.841. The fourth-order valence-corrected chi connectivity index (χ4v) is 3.32. The summed E-state index contributed by atoms with van der Waals surface area (Å²) in [7, 11) is 1.59. The Hall–Kier alpha value is -3.40. The molecule has 3 aromatic rings. The number of fused-ring (bicyclic) bond motifs is 1. The molecule has 0 spiro atoms. The quantitative estimate of drug-likeness (QED) is 0.602. The minimum atomic E-state index is -0.747. The number of nitrogens with zero attached hydrogens (tertiary/aromatic N) is 5. The van der Waals surface area contributed by atoms with Crippen LogP contribution in [0.1, 0.15) is 11.3 Å². The van der Waals surface area contributed by atoms with Crippen LogP contribution >= 0.6 is 0 Å². The highest BCUT2D eigenvalue weighted by molar-refractivity contribution is 6.04. The number of hydrogen-bond acceptors (Lipinski definition) is 6. The van der Waals surface area contributed by atoms with Gasteiger partial charge in [-0.1, -0.05) is 11.3 Å². The molecule has 3 amide bonds. The second-order valence-electron chi connectivity index (χ2n) is 6.74. The Labute approximate surface area is 165 Å². The summed E-state index contributed by atoms with van der Waals surface area (Å²) in [6.07, 6.45) is 3.52. The Morgan fingerprint density at radius 3 is 3.00 bits per heavy atom. The van der Waals surface area contributed by atoms with Crippen molar-refractivity contribution in [3.05, 3.63) is 53.7 Å². The van der Waals surface area contributed by atoms with E-state index in [1.807, 2.05) is 0 Å². The van der Waals surface area contributed by atoms with E-state index in [0.717, 1.165) is 4.90 Å². The summed E-state index contributed by atoms with van der Waals surface area (Å²) in [4.78, 5) is 30.5. The lowest BCUT2D eigenvalue weighted by molar-refractivity contribution is -0.127. The van der Waals surface area contributed by atoms with E-state index in [-0.39, 0.29) is 13.0 Å². The van der Waals surface area contributed by atoms with Crippen LogP contribution in [-0.2, 0) is 29.0 Å². The van der Waals surface area contributed by atoms with Crippen molar-refractivity contribution >= 4 is 22.8 Å². The maximum absolute atomic E-state index is 14.0. The molecular formula is C19H19FN6O3. The molecule has 0 saturated carbocycles. The fraction of sp³-hybridized carbons (Fsp3) is 0.316. The molecule has 2 aromatic heterocycles. The number of hydrogen-bond donors (Lipinski definition) is 1. The third kappa shape index (κ3) is 3.92. The van der Waals surface area contributed by atoms with Gasteiger partial charge in [-0.15, -0.1) is 5.10 Å². The second-order valence-corrected chi connectivity index (χ2v) is 6.74. The van der Waals surface area contributed by atoms with Gasteiger partial charge in [0.2, 0.25) is 0 Å². The number of amides is 3. The second kappa shape index (κ2) is 7.92. The van der Waals surface area contributed by atoms with Crippen molar-refractivity contribution in [3.63, 3.8) is 0 Å². The van der Waals surface area contributed by atoms with E-state index in [0.29, 0.717) is 35.3 Å². The van der Waals surface area contributed by atoms with E-state index >= 15 is 0 Å². The SMILES string of the molecule is COCCn1cc(CC2NC(=O)N(Cc3cc(F)cc4cccnc34)C2=O)nn1. The summed E-state index contributed by atoms with van der Waals surface area (Å²) in [6, 6.07) is 4.83. The van der Waals surface area contributed by atoms with Gasteiger partial charge in [-0.3, -0.25) is 14.7 Å². The van der Waals surface area contributed by atoms with Gasteiger partial charge in [0.05, 0.1) is 30.9 Å². The molecule has 1 atom stereocenters. The summed E-state index contributed by atoms with van der Waals surface area (Å²) in [5, 5.41) is 11.3.